The molecule has 2 aliphatic heterocycles. The fourth-order valence-corrected chi connectivity index (χ4v) is 43.8. The molecule has 0 saturated heterocycles. The molecule has 512 valence electrons. The van der Waals surface area contributed by atoms with Gasteiger partial charge in [-0.3, -0.25) is 0 Å². The second kappa shape index (κ2) is 47.9. The van der Waals surface area contributed by atoms with Crippen LogP contribution in [-0.4, -0.2) is 83.3 Å². The molecule has 2 unspecified atom stereocenters. The van der Waals surface area contributed by atoms with Gasteiger partial charge in [0.05, 0.1) is 0 Å². The van der Waals surface area contributed by atoms with Gasteiger partial charge in [-0.2, -0.15) is 0 Å². The van der Waals surface area contributed by atoms with Crippen molar-refractivity contribution in [3.8, 4) is 0 Å². The molecule has 2 atom stereocenters. The van der Waals surface area contributed by atoms with Crippen LogP contribution in [0.15, 0.2) is 20.3 Å². The molecule has 0 N–H and O–H groups in total. The Hall–Kier alpha value is -1.94. The molecule has 2 aromatic rings. The molecule has 0 fully saturated rings. The number of carbonyl (C=O) groups excluding carboxylic acids is 4. The van der Waals surface area contributed by atoms with Gasteiger partial charge in [-0.05, 0) is 0 Å². The molecule has 0 aromatic heterocycles. The fourth-order valence-electron chi connectivity index (χ4n) is 15.5. The molecule has 6 nitrogen and oxygen atoms in total. The molecule has 0 spiro atoms. The van der Waals surface area contributed by atoms with Gasteiger partial charge < -0.3 is 0 Å². The molecular weight excluding hydrogens is 1310 g/mol. The van der Waals surface area contributed by atoms with Gasteiger partial charge in [0.2, 0.25) is 0 Å². The van der Waals surface area contributed by atoms with Gasteiger partial charge in [0, 0.05) is 0 Å². The van der Waals surface area contributed by atoms with Crippen LogP contribution in [0.1, 0.15) is 404 Å². The van der Waals surface area contributed by atoms with E-state index in [1.165, 1.54) is 258 Å². The minimum atomic E-state index is -3.01. The summed E-state index contributed by atoms with van der Waals surface area (Å²) in [4.78, 5) is 67.9. The maximum absolute atomic E-state index is 16.2. The van der Waals surface area contributed by atoms with Gasteiger partial charge in [-0.15, -0.1) is 0 Å². The summed E-state index contributed by atoms with van der Waals surface area (Å²) in [7, 11) is 0. The summed E-state index contributed by atoms with van der Waals surface area (Å²) in [5.74, 6) is -0.444. The number of carbonyl (C=O) groups is 4. The van der Waals surface area contributed by atoms with E-state index in [4.69, 9.17) is 0 Å². The topological polar surface area (TPSA) is 74.8 Å². The first kappa shape index (κ1) is 80.5. The molecule has 90 heavy (non-hydrogen) atoms. The third-order valence-corrected chi connectivity index (χ3v) is 49.6. The Kier molecular flexibility index (Phi) is 42.8. The molecule has 2 aliphatic rings. The summed E-state index contributed by atoms with van der Waals surface area (Å²) < 4.78 is 13.1. The summed E-state index contributed by atoms with van der Waals surface area (Å²) in [5.41, 5.74) is 3.80. The Morgan fingerprint density at radius 2 is 0.522 bits per heavy atom. The quantitative estimate of drug-likeness (QED) is 0.0376. The van der Waals surface area contributed by atoms with Crippen molar-refractivity contribution in [2.75, 3.05) is 13.1 Å². The second-order valence-electron chi connectivity index (χ2n) is 29.4. The summed E-state index contributed by atoms with van der Waals surface area (Å²) in [6.45, 7) is 24.0. The Labute approximate surface area is 564 Å². The van der Waals surface area contributed by atoms with E-state index < -0.39 is 36.8 Å². The van der Waals surface area contributed by atoms with Gasteiger partial charge in [-0.25, -0.2) is 0 Å². The Morgan fingerprint density at radius 3 is 0.756 bits per heavy atom. The first-order valence-electron chi connectivity index (χ1n) is 39.7. The zero-order chi connectivity index (χ0) is 65.2. The van der Waals surface area contributed by atoms with E-state index in [1.807, 2.05) is 0 Å². The zero-order valence-corrected chi connectivity index (χ0v) is 66.6. The third-order valence-electron chi connectivity index (χ3n) is 21.5. The van der Waals surface area contributed by atoms with Crippen LogP contribution in [0.25, 0.3) is 22.9 Å². The van der Waals surface area contributed by atoms with Crippen LogP contribution >= 0.6 is 0 Å². The van der Waals surface area contributed by atoms with Crippen LogP contribution < -0.4 is 0 Å². The van der Waals surface area contributed by atoms with Crippen LogP contribution in [0.5, 0.6) is 0 Å². The van der Waals surface area contributed by atoms with E-state index in [0.29, 0.717) is 46.1 Å². The molecule has 8 heteroatoms. The van der Waals surface area contributed by atoms with Crippen molar-refractivity contribution in [2.24, 2.45) is 11.8 Å². The van der Waals surface area contributed by atoms with Crippen molar-refractivity contribution in [3.63, 3.8) is 0 Å². The molecule has 0 aliphatic carbocycles. The number of rotatable bonds is 58. The van der Waals surface area contributed by atoms with E-state index in [9.17, 15) is 0 Å². The number of imide groups is 2. The van der Waals surface area contributed by atoms with Crippen LogP contribution in [0.4, 0.5) is 0 Å². The monoisotopic (exact) mass is 1460 g/mol. The zero-order valence-electron chi connectivity index (χ0n) is 60.9. The van der Waals surface area contributed by atoms with Crippen LogP contribution in [-0.2, 0) is 0 Å². The predicted octanol–water partition coefficient (Wildman–Crippen LogP) is 26.6. The molecule has 0 bridgehead atoms. The molecule has 2 heterocycles. The van der Waals surface area contributed by atoms with Gasteiger partial charge >= 0.3 is 439 Å². The first-order chi connectivity index (χ1) is 43.9. The summed E-state index contributed by atoms with van der Waals surface area (Å²) >= 11 is -6.03. The molecule has 4 amide bonds. The SMILES string of the molecule is CCCCCCCCCCC(CCCCCCCC)CN1C(=O)c2cc(/C=[CH]/[Sn]([CH2]CCC)([CH2]CCC)[CH2]CCC)c3c4c(cc(/C=[CH]/[Sn]([CH2]CCC)([CH2]CCC)[CH2]CCC)c(c24)C1=O)C(=O)N(CC(CCCCCCCC)CCCCCCCCCC)C3=O. The summed E-state index contributed by atoms with van der Waals surface area (Å²) in [5, 5.41) is 1.17. The van der Waals surface area contributed by atoms with E-state index >= 15 is 19.2 Å². The van der Waals surface area contributed by atoms with Crippen molar-refractivity contribution in [3.05, 3.63) is 53.7 Å². The number of unbranched alkanes of at least 4 members (excludes halogenated alkanes) is 30. The number of nitrogens with zero attached hydrogens (tertiary/aromatic N) is 2. The van der Waals surface area contributed by atoms with Crippen molar-refractivity contribution < 1.29 is 19.2 Å². The maximum atomic E-state index is 16.2. The van der Waals surface area contributed by atoms with Crippen molar-refractivity contribution in [1.29, 1.82) is 0 Å². The van der Waals surface area contributed by atoms with Gasteiger partial charge in [0.25, 0.3) is 0 Å². The molecule has 2 aromatic carbocycles. The van der Waals surface area contributed by atoms with Gasteiger partial charge in [0.1, 0.15) is 0 Å². The third kappa shape index (κ3) is 26.9. The Morgan fingerprint density at radius 1 is 0.300 bits per heavy atom. The Balaban J connectivity index is 2.07. The van der Waals surface area contributed by atoms with Gasteiger partial charge in [0.15, 0.2) is 0 Å². The van der Waals surface area contributed by atoms with Crippen LogP contribution in [0, 0.1) is 11.8 Å². The average Bonchev–Trinajstić information content (AvgIpc) is 0.701. The van der Waals surface area contributed by atoms with Gasteiger partial charge in [-0.1, -0.05) is 130 Å². The summed E-state index contributed by atoms with van der Waals surface area (Å²) in [6, 6.07) is 4.17. The van der Waals surface area contributed by atoms with Crippen molar-refractivity contribution >= 4 is 83.3 Å². The Bertz CT molecular complexity index is 2180. The van der Waals surface area contributed by atoms with Crippen molar-refractivity contribution in [2.45, 2.75) is 378 Å². The molecule has 0 radical (unpaired) electrons. The minimum absolute atomic E-state index is 0.214. The second-order valence-corrected chi connectivity index (χ2v) is 55.4. The normalized spacial score (nSPS) is 14.5. The number of amides is 4. The van der Waals surface area contributed by atoms with Crippen molar-refractivity contribution in [1.82, 2.24) is 9.80 Å². The number of hydrogen-bond donors (Lipinski definition) is 0. The fraction of sp³-hybridized carbons (Fsp3) is 0.780. The van der Waals surface area contributed by atoms with E-state index in [2.05, 4.69) is 102 Å². The molecular formula is C82H142N2O4Sn2. The first-order valence-corrected chi connectivity index (χ1v) is 55.1. The van der Waals surface area contributed by atoms with E-state index in [1.54, 1.807) is 9.80 Å². The standard InChI is InChI=1S/C58H88N2O4.6C4H9.2Sn/c1-7-13-17-21-25-27-31-35-39-45(37-33-29-23-19-15-9-3)43-59-55(61)49-41-48(12-6)52-54-50(42-47(11-5)51(53(49)54)57(59)63)56(62)60(58(52)64)44-46(38-34-30-24-20-16-10-4)40-36-32-28-26-22-18-14-8-2;6*1-3-4-2;;/h5-6,11-12,41-42,45-46H,7-10,13-40,43-44H2,1-4H3;6*1,3-4H2,2H3;;. The number of benzene rings is 2. The number of hydrogen-bond acceptors (Lipinski definition) is 4. The predicted molar refractivity (Wildman–Crippen MR) is 400 cm³/mol. The van der Waals surface area contributed by atoms with Crippen LogP contribution in [0.3, 0.4) is 0 Å². The van der Waals surface area contributed by atoms with Crippen LogP contribution in [0.2, 0.25) is 26.6 Å². The van der Waals surface area contributed by atoms with E-state index in [-0.39, 0.29) is 35.5 Å². The average molecular weight is 1460 g/mol. The summed E-state index contributed by atoms with van der Waals surface area (Å²) in [6.07, 6.45) is 57.9. The molecule has 4 rings (SSSR count). The molecule has 0 saturated carbocycles. The van der Waals surface area contributed by atoms with E-state index in [0.717, 1.165) is 62.5 Å².